The number of anilines is 3. The second-order valence-electron chi connectivity index (χ2n) is 14.5. The van der Waals surface area contributed by atoms with E-state index >= 15 is 0 Å². The third-order valence-corrected chi connectivity index (χ3v) is 11.1. The largest absolute Gasteiger partial charge is 0.456 e. The number of hydrogen-bond acceptors (Lipinski definition) is 2. The molecule has 2 heteroatoms. The molecule has 0 atom stereocenters. The van der Waals surface area contributed by atoms with Crippen LogP contribution in [0.15, 0.2) is 223 Å². The molecular weight excluding hydrogens is 691 g/mol. The minimum Gasteiger partial charge on any atom is -0.456 e. The van der Waals surface area contributed by atoms with Crippen LogP contribution in [0.3, 0.4) is 0 Å². The van der Waals surface area contributed by atoms with E-state index < -0.39 is 0 Å². The highest BCUT2D eigenvalue weighted by Gasteiger charge is 2.18. The van der Waals surface area contributed by atoms with Crippen LogP contribution in [0.25, 0.3) is 77.6 Å². The Morgan fingerprint density at radius 3 is 1.58 bits per heavy atom. The maximum Gasteiger partial charge on any atom is 0.138 e. The van der Waals surface area contributed by atoms with Gasteiger partial charge in [0.1, 0.15) is 11.3 Å². The van der Waals surface area contributed by atoms with Crippen LogP contribution >= 0.6 is 0 Å². The minimum absolute atomic E-state index is 0.920. The van der Waals surface area contributed by atoms with Crippen molar-refractivity contribution in [2.75, 3.05) is 4.90 Å². The summed E-state index contributed by atoms with van der Waals surface area (Å²) in [7, 11) is 0. The Morgan fingerprint density at radius 2 is 0.842 bits per heavy atom. The second-order valence-corrected chi connectivity index (χ2v) is 14.5. The Morgan fingerprint density at radius 1 is 0.351 bits per heavy atom. The SMILES string of the molecule is Cc1c(-c2cccc(-c3ccc(-c4ccc(N(c5ccc(-c6cccc7ccccc67)cc5)c5ccccc5-c5ccccc5)cc4)cc3)c2)oc2ccccc12. The van der Waals surface area contributed by atoms with Crippen molar-refractivity contribution in [1.82, 2.24) is 0 Å². The molecule has 0 amide bonds. The van der Waals surface area contributed by atoms with Crippen LogP contribution in [0.2, 0.25) is 0 Å². The van der Waals surface area contributed by atoms with E-state index in [2.05, 4.69) is 218 Å². The molecule has 0 N–H and O–H groups in total. The number of furan rings is 1. The molecule has 0 saturated heterocycles. The molecule has 0 radical (unpaired) electrons. The van der Waals surface area contributed by atoms with Gasteiger partial charge in [0.25, 0.3) is 0 Å². The van der Waals surface area contributed by atoms with E-state index in [-0.39, 0.29) is 0 Å². The molecule has 0 bridgehead atoms. The van der Waals surface area contributed by atoms with Crippen LogP contribution in [-0.4, -0.2) is 0 Å². The first-order valence-corrected chi connectivity index (χ1v) is 19.5. The monoisotopic (exact) mass is 729 g/mol. The molecule has 0 aliphatic heterocycles. The van der Waals surface area contributed by atoms with Crippen molar-refractivity contribution in [3.8, 4) is 55.8 Å². The summed E-state index contributed by atoms with van der Waals surface area (Å²) >= 11 is 0. The van der Waals surface area contributed by atoms with Crippen LogP contribution in [0, 0.1) is 6.92 Å². The standard InChI is InChI=1S/C55H39NO/c1-38-49-19-8-10-24-54(49)57-55(38)46-18-11-17-45(37-46)41-27-25-39(26-28-41)40-29-33-47(34-30-40)56(53-23-9-7-21-52(53)43-13-3-2-4-14-43)48-35-31-44(32-36-48)51-22-12-16-42-15-5-6-20-50(42)51/h2-37H,1H3. The highest BCUT2D eigenvalue weighted by Crippen LogP contribution is 2.42. The summed E-state index contributed by atoms with van der Waals surface area (Å²) in [6.07, 6.45) is 0. The molecular formula is C55H39NO. The van der Waals surface area contributed by atoms with Gasteiger partial charge in [0.15, 0.2) is 0 Å². The van der Waals surface area contributed by atoms with E-state index in [0.29, 0.717) is 0 Å². The molecule has 9 aromatic carbocycles. The lowest BCUT2D eigenvalue weighted by Gasteiger charge is -2.28. The van der Waals surface area contributed by atoms with Gasteiger partial charge in [-0.05, 0) is 99.1 Å². The molecule has 10 aromatic rings. The van der Waals surface area contributed by atoms with Gasteiger partial charge in [0.05, 0.1) is 5.69 Å². The first-order chi connectivity index (χ1) is 28.2. The fourth-order valence-electron chi connectivity index (χ4n) is 8.17. The average molecular weight is 730 g/mol. The molecule has 0 unspecified atom stereocenters. The van der Waals surface area contributed by atoms with Gasteiger partial charge >= 0.3 is 0 Å². The average Bonchev–Trinajstić information content (AvgIpc) is 3.63. The quantitative estimate of drug-likeness (QED) is 0.155. The Bertz CT molecular complexity index is 2990. The van der Waals surface area contributed by atoms with Crippen molar-refractivity contribution in [3.63, 3.8) is 0 Å². The highest BCUT2D eigenvalue weighted by molar-refractivity contribution is 5.97. The number of hydrogen-bond donors (Lipinski definition) is 0. The molecule has 270 valence electrons. The fraction of sp³-hybridized carbons (Fsp3) is 0.0182. The molecule has 0 fully saturated rings. The van der Waals surface area contributed by atoms with Crippen molar-refractivity contribution >= 4 is 38.8 Å². The molecule has 0 aliphatic rings. The lowest BCUT2D eigenvalue weighted by molar-refractivity contribution is 0.629. The third kappa shape index (κ3) is 6.48. The molecule has 10 rings (SSSR count). The first kappa shape index (κ1) is 34.1. The normalized spacial score (nSPS) is 11.2. The van der Waals surface area contributed by atoms with Crippen molar-refractivity contribution < 1.29 is 4.42 Å². The number of para-hydroxylation sites is 2. The van der Waals surface area contributed by atoms with Crippen LogP contribution in [-0.2, 0) is 0 Å². The Labute approximate surface area is 333 Å². The van der Waals surface area contributed by atoms with E-state index in [4.69, 9.17) is 4.42 Å². The lowest BCUT2D eigenvalue weighted by Crippen LogP contribution is -2.11. The van der Waals surface area contributed by atoms with Crippen molar-refractivity contribution in [2.45, 2.75) is 6.92 Å². The molecule has 0 aliphatic carbocycles. The maximum atomic E-state index is 6.30. The van der Waals surface area contributed by atoms with Gasteiger partial charge in [0, 0.05) is 33.5 Å². The second kappa shape index (κ2) is 14.7. The Hall–Kier alpha value is -7.42. The van der Waals surface area contributed by atoms with Gasteiger partial charge in [-0.15, -0.1) is 0 Å². The predicted molar refractivity (Wildman–Crippen MR) is 240 cm³/mol. The molecule has 0 saturated carbocycles. The molecule has 1 heterocycles. The maximum absolute atomic E-state index is 6.30. The van der Waals surface area contributed by atoms with E-state index in [0.717, 1.165) is 44.9 Å². The molecule has 2 nitrogen and oxygen atoms in total. The van der Waals surface area contributed by atoms with Crippen molar-refractivity contribution in [2.24, 2.45) is 0 Å². The van der Waals surface area contributed by atoms with Gasteiger partial charge < -0.3 is 9.32 Å². The molecule has 57 heavy (non-hydrogen) atoms. The molecule has 1 aromatic heterocycles. The zero-order valence-electron chi connectivity index (χ0n) is 31.6. The van der Waals surface area contributed by atoms with E-state index in [1.807, 2.05) is 12.1 Å². The highest BCUT2D eigenvalue weighted by atomic mass is 16.3. The fourth-order valence-corrected chi connectivity index (χ4v) is 8.17. The van der Waals surface area contributed by atoms with Gasteiger partial charge in [-0.2, -0.15) is 0 Å². The third-order valence-electron chi connectivity index (χ3n) is 11.1. The summed E-state index contributed by atoms with van der Waals surface area (Å²) in [5.74, 6) is 0.927. The number of rotatable bonds is 8. The summed E-state index contributed by atoms with van der Waals surface area (Å²) in [6.45, 7) is 2.14. The topological polar surface area (TPSA) is 16.4 Å². The number of benzene rings is 9. The zero-order valence-corrected chi connectivity index (χ0v) is 31.6. The summed E-state index contributed by atoms with van der Waals surface area (Å²) in [5, 5.41) is 3.66. The van der Waals surface area contributed by atoms with E-state index in [1.54, 1.807) is 0 Å². The zero-order chi connectivity index (χ0) is 38.1. The van der Waals surface area contributed by atoms with Crippen LogP contribution in [0.4, 0.5) is 17.1 Å². The van der Waals surface area contributed by atoms with E-state index in [1.165, 1.54) is 55.3 Å². The van der Waals surface area contributed by atoms with Gasteiger partial charge in [-0.1, -0.05) is 176 Å². The summed E-state index contributed by atoms with van der Waals surface area (Å²) in [5.41, 5.74) is 15.9. The Balaban J connectivity index is 0.981. The van der Waals surface area contributed by atoms with Gasteiger partial charge in [0.2, 0.25) is 0 Å². The predicted octanol–water partition coefficient (Wildman–Crippen LogP) is 15.7. The van der Waals surface area contributed by atoms with Gasteiger partial charge in [-0.3, -0.25) is 0 Å². The lowest BCUT2D eigenvalue weighted by atomic mass is 9.97. The first-order valence-electron chi connectivity index (χ1n) is 19.5. The molecule has 0 spiro atoms. The van der Waals surface area contributed by atoms with Crippen LogP contribution in [0.1, 0.15) is 5.56 Å². The summed E-state index contributed by atoms with van der Waals surface area (Å²) < 4.78 is 6.30. The summed E-state index contributed by atoms with van der Waals surface area (Å²) in [6, 6.07) is 78.2. The van der Waals surface area contributed by atoms with Crippen molar-refractivity contribution in [1.29, 1.82) is 0 Å². The van der Waals surface area contributed by atoms with Crippen LogP contribution in [0.5, 0.6) is 0 Å². The smallest absolute Gasteiger partial charge is 0.138 e. The van der Waals surface area contributed by atoms with Gasteiger partial charge in [-0.25, -0.2) is 0 Å². The number of aryl methyl sites for hydroxylation is 1. The Kier molecular flexibility index (Phi) is 8.78. The van der Waals surface area contributed by atoms with E-state index in [9.17, 15) is 0 Å². The minimum atomic E-state index is 0.920. The van der Waals surface area contributed by atoms with Crippen molar-refractivity contribution in [3.05, 3.63) is 224 Å². The number of fused-ring (bicyclic) bond motifs is 2. The number of nitrogens with zero attached hydrogens (tertiary/aromatic N) is 1. The summed E-state index contributed by atoms with van der Waals surface area (Å²) in [4.78, 5) is 2.37. The van der Waals surface area contributed by atoms with Crippen LogP contribution < -0.4 is 4.90 Å².